The molecular weight excluding hydrogens is 372 g/mol. The summed E-state index contributed by atoms with van der Waals surface area (Å²) in [6, 6.07) is 17.3. The first-order valence-electron chi connectivity index (χ1n) is 8.93. The molecule has 0 bridgehead atoms. The highest BCUT2D eigenvalue weighted by molar-refractivity contribution is 6.03. The van der Waals surface area contributed by atoms with Gasteiger partial charge in [0.2, 0.25) is 0 Å². The van der Waals surface area contributed by atoms with Gasteiger partial charge < -0.3 is 10.1 Å². The number of para-hydroxylation sites is 2. The topological polar surface area (TPSA) is 102 Å². The molecule has 0 saturated heterocycles. The summed E-state index contributed by atoms with van der Waals surface area (Å²) in [5.74, 6) is -1.43. The van der Waals surface area contributed by atoms with Crippen molar-refractivity contribution >= 4 is 23.6 Å². The lowest BCUT2D eigenvalue weighted by Crippen LogP contribution is -2.41. The molecule has 1 atom stereocenters. The molecule has 29 heavy (non-hydrogen) atoms. The molecule has 0 saturated carbocycles. The third-order valence-corrected chi connectivity index (χ3v) is 4.15. The Kier molecular flexibility index (Phi) is 6.03. The van der Waals surface area contributed by atoms with Crippen LogP contribution in [0.1, 0.15) is 23.0 Å². The number of amides is 3. The molecule has 148 valence electrons. The van der Waals surface area contributed by atoms with Crippen LogP contribution in [-0.4, -0.2) is 33.8 Å². The fourth-order valence-corrected chi connectivity index (χ4v) is 2.61. The van der Waals surface area contributed by atoms with Crippen molar-refractivity contribution in [3.05, 3.63) is 78.1 Å². The molecule has 3 amide bonds. The van der Waals surface area contributed by atoms with Crippen LogP contribution in [0.5, 0.6) is 0 Å². The van der Waals surface area contributed by atoms with Crippen LogP contribution in [0, 0.1) is 6.92 Å². The van der Waals surface area contributed by atoms with Gasteiger partial charge in [-0.1, -0.05) is 36.4 Å². The maximum Gasteiger partial charge on any atom is 0.342 e. The Labute approximate surface area is 167 Å². The van der Waals surface area contributed by atoms with Crippen LogP contribution in [0.25, 0.3) is 5.69 Å². The number of carbonyl (C=O) groups is 3. The highest BCUT2D eigenvalue weighted by Gasteiger charge is 2.23. The maximum atomic E-state index is 12.4. The van der Waals surface area contributed by atoms with E-state index in [0.717, 1.165) is 5.69 Å². The first-order chi connectivity index (χ1) is 14.0. The van der Waals surface area contributed by atoms with Gasteiger partial charge in [-0.3, -0.25) is 10.1 Å². The number of imide groups is 1. The zero-order valence-electron chi connectivity index (χ0n) is 16.0. The predicted octanol–water partition coefficient (Wildman–Crippen LogP) is 3.07. The first-order valence-corrected chi connectivity index (χ1v) is 8.93. The molecular formula is C21H20N4O4. The number of hydrogen-bond donors (Lipinski definition) is 2. The summed E-state index contributed by atoms with van der Waals surface area (Å²) in [7, 11) is 0. The summed E-state index contributed by atoms with van der Waals surface area (Å²) in [5.41, 5.74) is 2.15. The van der Waals surface area contributed by atoms with Gasteiger partial charge in [0.1, 0.15) is 5.56 Å². The van der Waals surface area contributed by atoms with Gasteiger partial charge >= 0.3 is 12.0 Å². The second-order valence-corrected chi connectivity index (χ2v) is 6.25. The molecule has 0 fully saturated rings. The van der Waals surface area contributed by atoms with Gasteiger partial charge in [-0.15, -0.1) is 0 Å². The molecule has 1 heterocycles. The zero-order valence-corrected chi connectivity index (χ0v) is 16.0. The van der Waals surface area contributed by atoms with Crippen LogP contribution in [-0.2, 0) is 9.53 Å². The van der Waals surface area contributed by atoms with E-state index in [0.29, 0.717) is 11.4 Å². The number of urea groups is 1. The van der Waals surface area contributed by atoms with Gasteiger partial charge in [-0.25, -0.2) is 14.3 Å². The Morgan fingerprint density at radius 1 is 1.00 bits per heavy atom. The van der Waals surface area contributed by atoms with Gasteiger partial charge in [0.05, 0.1) is 17.6 Å². The molecule has 3 rings (SSSR count). The normalized spacial score (nSPS) is 11.4. The summed E-state index contributed by atoms with van der Waals surface area (Å²) in [4.78, 5) is 36.5. The van der Waals surface area contributed by atoms with Crippen molar-refractivity contribution in [1.82, 2.24) is 15.1 Å². The average Bonchev–Trinajstić information content (AvgIpc) is 3.10. The van der Waals surface area contributed by atoms with Crippen LogP contribution < -0.4 is 10.6 Å². The quantitative estimate of drug-likeness (QED) is 0.650. The molecule has 1 unspecified atom stereocenters. The van der Waals surface area contributed by atoms with E-state index in [1.165, 1.54) is 13.1 Å². The van der Waals surface area contributed by atoms with Crippen molar-refractivity contribution in [3.63, 3.8) is 0 Å². The first kappa shape index (κ1) is 19.8. The standard InChI is InChI=1S/C21H20N4O4/c1-14-18(13-22-25(14)17-11-7-4-8-12-17)20(27)29-15(2)19(26)24-21(28)23-16-9-5-3-6-10-16/h3-13,15H,1-2H3,(H2,23,24,26,28). The summed E-state index contributed by atoms with van der Waals surface area (Å²) < 4.78 is 6.80. The van der Waals surface area contributed by atoms with Crippen LogP contribution in [0.4, 0.5) is 10.5 Å². The summed E-state index contributed by atoms with van der Waals surface area (Å²) in [6.45, 7) is 3.12. The van der Waals surface area contributed by atoms with Gasteiger partial charge in [-0.05, 0) is 38.1 Å². The molecule has 2 aromatic carbocycles. The van der Waals surface area contributed by atoms with E-state index in [4.69, 9.17) is 4.74 Å². The van der Waals surface area contributed by atoms with Gasteiger partial charge in [-0.2, -0.15) is 5.10 Å². The largest absolute Gasteiger partial charge is 0.449 e. The van der Waals surface area contributed by atoms with E-state index < -0.39 is 24.0 Å². The Bertz CT molecular complexity index is 1020. The van der Waals surface area contributed by atoms with Gasteiger partial charge in [0, 0.05) is 5.69 Å². The van der Waals surface area contributed by atoms with Crippen molar-refractivity contribution in [2.45, 2.75) is 20.0 Å². The second kappa shape index (κ2) is 8.83. The van der Waals surface area contributed by atoms with Crippen molar-refractivity contribution in [1.29, 1.82) is 0 Å². The number of hydrogen-bond acceptors (Lipinski definition) is 5. The Hall–Kier alpha value is -3.94. The fraction of sp³-hybridized carbons (Fsp3) is 0.143. The van der Waals surface area contributed by atoms with Crippen molar-refractivity contribution in [2.75, 3.05) is 5.32 Å². The summed E-state index contributed by atoms with van der Waals surface area (Å²) in [6.07, 6.45) is 0.223. The number of aromatic nitrogens is 2. The zero-order chi connectivity index (χ0) is 20.8. The monoisotopic (exact) mass is 392 g/mol. The maximum absolute atomic E-state index is 12.4. The van der Waals surface area contributed by atoms with Crippen LogP contribution >= 0.6 is 0 Å². The Morgan fingerprint density at radius 2 is 1.62 bits per heavy atom. The molecule has 0 aliphatic heterocycles. The molecule has 1 aromatic heterocycles. The molecule has 8 nitrogen and oxygen atoms in total. The number of anilines is 1. The number of carbonyl (C=O) groups excluding carboxylic acids is 3. The minimum Gasteiger partial charge on any atom is -0.449 e. The molecule has 2 N–H and O–H groups in total. The summed E-state index contributed by atoms with van der Waals surface area (Å²) in [5, 5.41) is 8.87. The van der Waals surface area contributed by atoms with Gasteiger partial charge in [0.25, 0.3) is 5.91 Å². The second-order valence-electron chi connectivity index (χ2n) is 6.25. The number of benzene rings is 2. The van der Waals surface area contributed by atoms with E-state index in [1.54, 1.807) is 41.9 Å². The van der Waals surface area contributed by atoms with Crippen molar-refractivity contribution in [2.24, 2.45) is 0 Å². The average molecular weight is 392 g/mol. The minimum atomic E-state index is -1.16. The Balaban J connectivity index is 1.59. The number of rotatable bonds is 5. The number of nitrogens with zero attached hydrogens (tertiary/aromatic N) is 2. The van der Waals surface area contributed by atoms with Crippen molar-refractivity contribution in [3.8, 4) is 5.69 Å². The molecule has 0 radical (unpaired) electrons. The van der Waals surface area contributed by atoms with Crippen LogP contribution in [0.3, 0.4) is 0 Å². The van der Waals surface area contributed by atoms with Crippen LogP contribution in [0.2, 0.25) is 0 Å². The van der Waals surface area contributed by atoms with E-state index in [-0.39, 0.29) is 5.56 Å². The van der Waals surface area contributed by atoms with E-state index in [1.807, 2.05) is 30.3 Å². The molecule has 3 aromatic rings. The highest BCUT2D eigenvalue weighted by Crippen LogP contribution is 2.15. The highest BCUT2D eigenvalue weighted by atomic mass is 16.5. The lowest BCUT2D eigenvalue weighted by molar-refractivity contribution is -0.127. The lowest BCUT2D eigenvalue weighted by Gasteiger charge is -2.13. The molecule has 0 aliphatic rings. The number of esters is 1. The molecule has 8 heteroatoms. The smallest absolute Gasteiger partial charge is 0.342 e. The molecule has 0 aliphatic carbocycles. The SMILES string of the molecule is Cc1c(C(=O)OC(C)C(=O)NC(=O)Nc2ccccc2)cnn1-c1ccccc1. The van der Waals surface area contributed by atoms with Crippen LogP contribution in [0.15, 0.2) is 66.9 Å². The molecule has 0 spiro atoms. The fourth-order valence-electron chi connectivity index (χ4n) is 2.61. The van der Waals surface area contributed by atoms with E-state index >= 15 is 0 Å². The van der Waals surface area contributed by atoms with Gasteiger partial charge in [0.15, 0.2) is 6.10 Å². The number of nitrogens with one attached hydrogen (secondary N) is 2. The predicted molar refractivity (Wildman–Crippen MR) is 107 cm³/mol. The van der Waals surface area contributed by atoms with E-state index in [9.17, 15) is 14.4 Å². The van der Waals surface area contributed by atoms with E-state index in [2.05, 4.69) is 15.7 Å². The Morgan fingerprint density at radius 3 is 2.28 bits per heavy atom. The van der Waals surface area contributed by atoms with Crippen molar-refractivity contribution < 1.29 is 19.1 Å². The third kappa shape index (κ3) is 4.86. The minimum absolute atomic E-state index is 0.238. The summed E-state index contributed by atoms with van der Waals surface area (Å²) >= 11 is 0. The lowest BCUT2D eigenvalue weighted by atomic mass is 10.2. The third-order valence-electron chi connectivity index (χ3n) is 4.15. The number of ether oxygens (including phenoxy) is 1.